The highest BCUT2D eigenvalue weighted by Crippen LogP contribution is 2.47. The molecule has 0 spiro atoms. The molecular weight excluding hydrogens is 402 g/mol. The largest absolute Gasteiger partial charge is 0.273 e. The van der Waals surface area contributed by atoms with Crippen LogP contribution in [0.5, 0.6) is 0 Å². The van der Waals surface area contributed by atoms with Gasteiger partial charge in [0.15, 0.2) is 6.10 Å². The van der Waals surface area contributed by atoms with Gasteiger partial charge in [-0.15, -0.1) is 0 Å². The molecule has 0 N–H and O–H groups in total. The summed E-state index contributed by atoms with van der Waals surface area (Å²) < 4.78 is 0. The Morgan fingerprint density at radius 2 is 1.77 bits per heavy atom. The Bertz CT molecular complexity index is 1120. The number of amides is 2. The monoisotopic (exact) mass is 419 g/mol. The fraction of sp³-hybridized carbons (Fsp3) is 0.174. The van der Waals surface area contributed by atoms with Crippen molar-refractivity contribution in [3.63, 3.8) is 0 Å². The first-order valence-electron chi connectivity index (χ1n) is 9.62. The van der Waals surface area contributed by atoms with Crippen LogP contribution in [0.1, 0.15) is 17.2 Å². The summed E-state index contributed by atoms with van der Waals surface area (Å²) in [5, 5.41) is 2.16. The molecule has 3 aromatic rings. The van der Waals surface area contributed by atoms with Gasteiger partial charge in [-0.2, -0.15) is 0 Å². The van der Waals surface area contributed by atoms with E-state index in [0.29, 0.717) is 16.3 Å². The summed E-state index contributed by atoms with van der Waals surface area (Å²) in [5.41, 5.74) is 2.75. The topological polar surface area (TPSA) is 62.7 Å². The van der Waals surface area contributed by atoms with Crippen molar-refractivity contribution < 1.29 is 14.4 Å². The van der Waals surface area contributed by atoms with Crippen LogP contribution in [0.4, 0.5) is 11.4 Å². The van der Waals surface area contributed by atoms with E-state index in [1.807, 2.05) is 42.5 Å². The molecular formula is C23H18ClN3O3. The maximum absolute atomic E-state index is 13.6. The number of imide groups is 1. The molecule has 7 heteroatoms. The van der Waals surface area contributed by atoms with E-state index in [2.05, 4.69) is 4.98 Å². The van der Waals surface area contributed by atoms with Gasteiger partial charge in [0.25, 0.3) is 5.91 Å². The molecule has 0 bridgehead atoms. The van der Waals surface area contributed by atoms with E-state index in [1.165, 1.54) is 4.90 Å². The predicted molar refractivity (Wildman–Crippen MR) is 113 cm³/mol. The SMILES string of the molecule is Cc1c(Cl)cccc1N1C(=O)[C@H]2[C@H](ON(c3ccccc3)[C@@H]2c2cccnc2)C1=O. The molecule has 2 fully saturated rings. The molecule has 1 aromatic heterocycles. The normalized spacial score (nSPS) is 23.2. The Balaban J connectivity index is 1.60. The summed E-state index contributed by atoms with van der Waals surface area (Å²) in [7, 11) is 0. The molecule has 2 aliphatic rings. The van der Waals surface area contributed by atoms with E-state index in [4.69, 9.17) is 16.4 Å². The van der Waals surface area contributed by atoms with E-state index in [-0.39, 0.29) is 11.8 Å². The molecule has 6 nitrogen and oxygen atoms in total. The average molecular weight is 420 g/mol. The molecule has 0 radical (unpaired) electrons. The molecule has 2 saturated heterocycles. The Morgan fingerprint density at radius 3 is 2.50 bits per heavy atom. The fourth-order valence-electron chi connectivity index (χ4n) is 4.18. The number of carbonyl (C=O) groups is 2. The Hall–Kier alpha value is -3.22. The lowest BCUT2D eigenvalue weighted by Crippen LogP contribution is -2.37. The van der Waals surface area contributed by atoms with Gasteiger partial charge in [0.1, 0.15) is 5.92 Å². The summed E-state index contributed by atoms with van der Waals surface area (Å²) in [5.74, 6) is -1.38. The van der Waals surface area contributed by atoms with Crippen molar-refractivity contribution in [1.82, 2.24) is 4.98 Å². The minimum atomic E-state index is -0.915. The van der Waals surface area contributed by atoms with E-state index < -0.39 is 18.1 Å². The number of rotatable bonds is 3. The van der Waals surface area contributed by atoms with Gasteiger partial charge in [0.2, 0.25) is 5.91 Å². The number of carbonyl (C=O) groups excluding carboxylic acids is 2. The molecule has 0 aliphatic carbocycles. The van der Waals surface area contributed by atoms with Crippen LogP contribution >= 0.6 is 11.6 Å². The fourth-order valence-corrected chi connectivity index (χ4v) is 4.35. The molecule has 150 valence electrons. The zero-order valence-corrected chi connectivity index (χ0v) is 16.9. The van der Waals surface area contributed by atoms with Gasteiger partial charge in [-0.1, -0.05) is 41.9 Å². The molecule has 2 amide bonds. The third-order valence-corrected chi connectivity index (χ3v) is 6.04. The number of benzene rings is 2. The quantitative estimate of drug-likeness (QED) is 0.598. The zero-order valence-electron chi connectivity index (χ0n) is 16.1. The number of aromatic nitrogens is 1. The number of hydrogen-bond acceptors (Lipinski definition) is 5. The first kappa shape index (κ1) is 18.8. The lowest BCUT2D eigenvalue weighted by atomic mass is 9.91. The number of nitrogens with zero attached hydrogens (tertiary/aromatic N) is 3. The molecule has 30 heavy (non-hydrogen) atoms. The first-order chi connectivity index (χ1) is 14.6. The Kier molecular flexibility index (Phi) is 4.53. The number of anilines is 2. The summed E-state index contributed by atoms with van der Waals surface area (Å²) in [6, 6.07) is 17.9. The van der Waals surface area contributed by atoms with Crippen LogP contribution in [0.3, 0.4) is 0 Å². The molecule has 0 saturated carbocycles. The van der Waals surface area contributed by atoms with E-state index in [9.17, 15) is 9.59 Å². The highest BCUT2D eigenvalue weighted by atomic mass is 35.5. The Labute approximate surface area is 178 Å². The number of fused-ring (bicyclic) bond motifs is 1. The standard InChI is InChI=1S/C23H18ClN3O3/c1-14-17(24)10-5-11-18(14)26-22(28)19-20(15-7-6-12-25-13-15)27(30-21(19)23(26)29)16-8-3-2-4-9-16/h2-13,19-21H,1H3/t19-,20-,21+/m1/s1. The number of pyridine rings is 1. The number of para-hydroxylation sites is 1. The second-order valence-electron chi connectivity index (χ2n) is 7.34. The molecule has 2 aromatic carbocycles. The van der Waals surface area contributed by atoms with Gasteiger partial charge < -0.3 is 0 Å². The summed E-state index contributed by atoms with van der Waals surface area (Å²) in [6.45, 7) is 1.79. The van der Waals surface area contributed by atoms with Gasteiger partial charge in [0, 0.05) is 17.4 Å². The van der Waals surface area contributed by atoms with E-state index in [1.54, 1.807) is 42.6 Å². The summed E-state index contributed by atoms with van der Waals surface area (Å²) in [4.78, 5) is 38.4. The Morgan fingerprint density at radius 1 is 0.967 bits per heavy atom. The van der Waals surface area contributed by atoms with Crippen molar-refractivity contribution >= 4 is 34.8 Å². The van der Waals surface area contributed by atoms with Crippen molar-refractivity contribution in [3.8, 4) is 0 Å². The molecule has 5 rings (SSSR count). The molecule has 3 atom stereocenters. The lowest BCUT2D eigenvalue weighted by Gasteiger charge is -2.28. The molecule has 3 heterocycles. The zero-order chi connectivity index (χ0) is 20.8. The third-order valence-electron chi connectivity index (χ3n) is 5.63. The summed E-state index contributed by atoms with van der Waals surface area (Å²) >= 11 is 6.24. The van der Waals surface area contributed by atoms with Crippen LogP contribution in [0.15, 0.2) is 73.1 Å². The highest BCUT2D eigenvalue weighted by Gasteiger charge is 2.60. The van der Waals surface area contributed by atoms with Crippen LogP contribution in [-0.4, -0.2) is 22.9 Å². The van der Waals surface area contributed by atoms with E-state index >= 15 is 0 Å². The molecule has 2 aliphatic heterocycles. The van der Waals surface area contributed by atoms with Crippen LogP contribution in [0.25, 0.3) is 0 Å². The highest BCUT2D eigenvalue weighted by molar-refractivity contribution is 6.32. The van der Waals surface area contributed by atoms with Gasteiger partial charge in [-0.25, -0.2) is 9.96 Å². The molecule has 0 unspecified atom stereocenters. The summed E-state index contributed by atoms with van der Waals surface area (Å²) in [6.07, 6.45) is 2.46. The van der Waals surface area contributed by atoms with Crippen LogP contribution in [0.2, 0.25) is 5.02 Å². The average Bonchev–Trinajstić information content (AvgIpc) is 3.28. The van der Waals surface area contributed by atoms with E-state index in [0.717, 1.165) is 11.3 Å². The maximum Gasteiger partial charge on any atom is 0.266 e. The van der Waals surface area contributed by atoms with Crippen molar-refractivity contribution in [2.45, 2.75) is 19.1 Å². The van der Waals surface area contributed by atoms with Gasteiger partial charge in [0.05, 0.1) is 17.4 Å². The van der Waals surface area contributed by atoms with Crippen molar-refractivity contribution in [2.75, 3.05) is 9.96 Å². The minimum Gasteiger partial charge on any atom is -0.273 e. The maximum atomic E-state index is 13.6. The lowest BCUT2D eigenvalue weighted by molar-refractivity contribution is -0.126. The van der Waals surface area contributed by atoms with Crippen molar-refractivity contribution in [3.05, 3.63) is 89.2 Å². The second kappa shape index (κ2) is 7.23. The van der Waals surface area contributed by atoms with Gasteiger partial charge in [-0.3, -0.25) is 19.4 Å². The minimum absolute atomic E-state index is 0.303. The van der Waals surface area contributed by atoms with Gasteiger partial charge >= 0.3 is 0 Å². The second-order valence-corrected chi connectivity index (χ2v) is 7.75. The van der Waals surface area contributed by atoms with Gasteiger partial charge in [-0.05, 0) is 48.4 Å². The number of hydrogen-bond donors (Lipinski definition) is 0. The van der Waals surface area contributed by atoms with Crippen molar-refractivity contribution in [1.29, 1.82) is 0 Å². The van der Waals surface area contributed by atoms with Crippen LogP contribution in [-0.2, 0) is 14.4 Å². The van der Waals surface area contributed by atoms with Crippen LogP contribution < -0.4 is 9.96 Å². The van der Waals surface area contributed by atoms with Crippen molar-refractivity contribution in [2.24, 2.45) is 5.92 Å². The predicted octanol–water partition coefficient (Wildman–Crippen LogP) is 4.09. The van der Waals surface area contributed by atoms with Crippen LogP contribution in [0, 0.1) is 12.8 Å². The number of hydroxylamine groups is 1. The smallest absolute Gasteiger partial charge is 0.266 e. The number of halogens is 1. The third kappa shape index (κ3) is 2.80. The first-order valence-corrected chi connectivity index (χ1v) is 9.99.